The molecule has 6 heteroatoms. The van der Waals surface area contributed by atoms with E-state index in [0.717, 1.165) is 37.9 Å². The van der Waals surface area contributed by atoms with Gasteiger partial charge in [0.1, 0.15) is 11.6 Å². The van der Waals surface area contributed by atoms with E-state index in [1.54, 1.807) is 13.2 Å². The molecule has 1 aromatic heterocycles. The van der Waals surface area contributed by atoms with Crippen LogP contribution < -0.4 is 10.1 Å². The molecule has 0 aliphatic heterocycles. The van der Waals surface area contributed by atoms with Crippen LogP contribution in [0.1, 0.15) is 12.5 Å². The van der Waals surface area contributed by atoms with Gasteiger partial charge in [-0.2, -0.15) is 0 Å². The average Bonchev–Trinajstić information content (AvgIpc) is 2.91. The molecule has 0 unspecified atom stereocenters. The van der Waals surface area contributed by atoms with Crippen LogP contribution in [0.5, 0.6) is 5.75 Å². The first-order valence-electron chi connectivity index (χ1n) is 7.88. The number of ether oxygens (including phenoxy) is 1. The number of carbonyl (C=O) groups is 1. The third-order valence-corrected chi connectivity index (χ3v) is 4.66. The number of H-pyrrole nitrogens is 1. The molecule has 0 fully saturated rings. The van der Waals surface area contributed by atoms with Crippen LogP contribution in [0, 0.1) is 5.82 Å². The minimum atomic E-state index is -0.289. The van der Waals surface area contributed by atoms with Gasteiger partial charge in [0.2, 0.25) is 5.91 Å². The number of aromatic nitrogens is 1. The Morgan fingerprint density at radius 3 is 2.80 bits per heavy atom. The number of carbonyl (C=O) groups excluding carboxylic acids is 1. The molecule has 0 spiro atoms. The molecule has 0 saturated heterocycles. The van der Waals surface area contributed by atoms with Gasteiger partial charge >= 0.3 is 0 Å². The summed E-state index contributed by atoms with van der Waals surface area (Å²) in [6.07, 6.45) is 0.621. The Morgan fingerprint density at radius 2 is 2.12 bits per heavy atom. The van der Waals surface area contributed by atoms with Gasteiger partial charge in [-0.1, -0.05) is 12.1 Å². The summed E-state index contributed by atoms with van der Waals surface area (Å²) in [6.45, 7) is 1.99. The Hall–Kier alpha value is -2.34. The maximum atomic E-state index is 13.7. The van der Waals surface area contributed by atoms with Crippen LogP contribution in [0.15, 0.2) is 40.9 Å². The van der Waals surface area contributed by atoms with E-state index in [0.29, 0.717) is 13.0 Å². The Labute approximate surface area is 153 Å². The fourth-order valence-corrected chi connectivity index (χ4v) is 3.43. The van der Waals surface area contributed by atoms with Gasteiger partial charge in [-0.3, -0.25) is 4.79 Å². The second-order valence-electron chi connectivity index (χ2n) is 5.75. The first-order valence-corrected chi connectivity index (χ1v) is 8.67. The smallest absolute Gasteiger partial charge is 0.216 e. The van der Waals surface area contributed by atoms with Crippen LogP contribution in [0.2, 0.25) is 0 Å². The Balaban J connectivity index is 2.14. The average molecular weight is 405 g/mol. The molecule has 1 heterocycles. The van der Waals surface area contributed by atoms with Crippen molar-refractivity contribution in [3.05, 3.63) is 52.3 Å². The lowest BCUT2D eigenvalue weighted by atomic mass is 10.0. The van der Waals surface area contributed by atoms with Crippen LogP contribution in [0.3, 0.4) is 0 Å². The van der Waals surface area contributed by atoms with Gasteiger partial charge in [0.05, 0.1) is 11.6 Å². The van der Waals surface area contributed by atoms with Crippen molar-refractivity contribution in [3.63, 3.8) is 0 Å². The largest absolute Gasteiger partial charge is 0.496 e. The summed E-state index contributed by atoms with van der Waals surface area (Å²) in [5.41, 5.74) is 3.55. The van der Waals surface area contributed by atoms with E-state index < -0.39 is 0 Å². The molecule has 0 radical (unpaired) electrons. The minimum absolute atomic E-state index is 0.0764. The normalized spacial score (nSPS) is 10.9. The van der Waals surface area contributed by atoms with Gasteiger partial charge in [-0.05, 0) is 52.2 Å². The van der Waals surface area contributed by atoms with Crippen LogP contribution in [0.4, 0.5) is 4.39 Å². The fraction of sp³-hybridized carbons (Fsp3) is 0.211. The monoisotopic (exact) mass is 404 g/mol. The van der Waals surface area contributed by atoms with Gasteiger partial charge < -0.3 is 15.0 Å². The zero-order chi connectivity index (χ0) is 18.0. The van der Waals surface area contributed by atoms with E-state index in [-0.39, 0.29) is 11.7 Å². The lowest BCUT2D eigenvalue weighted by Crippen LogP contribution is -2.22. The van der Waals surface area contributed by atoms with E-state index in [1.807, 2.05) is 18.2 Å². The summed E-state index contributed by atoms with van der Waals surface area (Å²) in [5, 5.41) is 3.80. The molecule has 0 bridgehead atoms. The summed E-state index contributed by atoms with van der Waals surface area (Å²) < 4.78 is 19.9. The van der Waals surface area contributed by atoms with Crippen molar-refractivity contribution in [1.29, 1.82) is 0 Å². The third kappa shape index (κ3) is 3.69. The maximum absolute atomic E-state index is 13.7. The lowest BCUT2D eigenvalue weighted by Gasteiger charge is -2.07. The highest BCUT2D eigenvalue weighted by atomic mass is 79.9. The van der Waals surface area contributed by atoms with E-state index in [9.17, 15) is 9.18 Å². The highest BCUT2D eigenvalue weighted by molar-refractivity contribution is 9.10. The standard InChI is InChI=1S/C19H18BrFN2O2/c1-11(24)22-7-6-14-15-9-18(25-2)16(20)10-17(15)23-19(14)12-4-3-5-13(21)8-12/h3-5,8-10,23H,6-7H2,1-2H3,(H,22,24). The number of nitrogens with one attached hydrogen (secondary N) is 2. The number of hydrogen-bond acceptors (Lipinski definition) is 2. The molecule has 130 valence electrons. The topological polar surface area (TPSA) is 54.1 Å². The van der Waals surface area contributed by atoms with Crippen molar-refractivity contribution in [2.24, 2.45) is 0 Å². The number of rotatable bonds is 5. The predicted molar refractivity (Wildman–Crippen MR) is 100 cm³/mol. The first kappa shape index (κ1) is 17.5. The Morgan fingerprint density at radius 1 is 1.32 bits per heavy atom. The zero-order valence-corrected chi connectivity index (χ0v) is 15.5. The molecular weight excluding hydrogens is 387 g/mol. The molecule has 0 aliphatic rings. The van der Waals surface area contributed by atoms with Crippen molar-refractivity contribution < 1.29 is 13.9 Å². The quantitative estimate of drug-likeness (QED) is 0.660. The molecule has 0 atom stereocenters. The van der Waals surface area contributed by atoms with E-state index in [2.05, 4.69) is 26.2 Å². The van der Waals surface area contributed by atoms with E-state index in [4.69, 9.17) is 4.74 Å². The number of aromatic amines is 1. The second kappa shape index (κ2) is 7.27. The van der Waals surface area contributed by atoms with Gasteiger partial charge in [-0.15, -0.1) is 0 Å². The van der Waals surface area contributed by atoms with Crippen molar-refractivity contribution >= 4 is 32.7 Å². The molecular formula is C19H18BrFN2O2. The summed E-state index contributed by atoms with van der Waals surface area (Å²) in [7, 11) is 1.61. The van der Waals surface area contributed by atoms with E-state index >= 15 is 0 Å². The number of hydrogen-bond donors (Lipinski definition) is 2. The number of benzene rings is 2. The second-order valence-corrected chi connectivity index (χ2v) is 6.61. The van der Waals surface area contributed by atoms with Gasteiger partial charge in [0.25, 0.3) is 0 Å². The highest BCUT2D eigenvalue weighted by Crippen LogP contribution is 2.36. The Kier molecular flexibility index (Phi) is 5.08. The maximum Gasteiger partial charge on any atom is 0.216 e. The first-order chi connectivity index (χ1) is 12.0. The summed E-state index contributed by atoms with van der Waals surface area (Å²) >= 11 is 3.49. The molecule has 1 amide bonds. The molecule has 2 aromatic carbocycles. The van der Waals surface area contributed by atoms with Crippen molar-refractivity contribution in [3.8, 4) is 17.0 Å². The number of fused-ring (bicyclic) bond motifs is 1. The van der Waals surface area contributed by atoms with Crippen LogP contribution in [0.25, 0.3) is 22.2 Å². The molecule has 3 aromatic rings. The number of methoxy groups -OCH3 is 1. The zero-order valence-electron chi connectivity index (χ0n) is 14.0. The van der Waals surface area contributed by atoms with Crippen molar-refractivity contribution in [2.75, 3.05) is 13.7 Å². The van der Waals surface area contributed by atoms with Crippen LogP contribution in [-0.4, -0.2) is 24.5 Å². The van der Waals surface area contributed by atoms with Gasteiger partial charge in [0.15, 0.2) is 0 Å². The summed E-state index contributed by atoms with van der Waals surface area (Å²) in [6, 6.07) is 10.4. The predicted octanol–water partition coefficient (Wildman–Crippen LogP) is 4.42. The van der Waals surface area contributed by atoms with Crippen molar-refractivity contribution in [1.82, 2.24) is 10.3 Å². The summed E-state index contributed by atoms with van der Waals surface area (Å²) in [5.74, 6) is 0.355. The Bertz CT molecular complexity index is 937. The molecule has 2 N–H and O–H groups in total. The van der Waals surface area contributed by atoms with Gasteiger partial charge in [0, 0.05) is 35.6 Å². The molecule has 0 saturated carbocycles. The van der Waals surface area contributed by atoms with E-state index in [1.165, 1.54) is 19.1 Å². The third-order valence-electron chi connectivity index (χ3n) is 4.04. The fourth-order valence-electron chi connectivity index (χ4n) is 2.92. The minimum Gasteiger partial charge on any atom is -0.496 e. The van der Waals surface area contributed by atoms with Crippen molar-refractivity contribution in [2.45, 2.75) is 13.3 Å². The van der Waals surface area contributed by atoms with Crippen LogP contribution in [-0.2, 0) is 11.2 Å². The molecule has 3 rings (SSSR count). The summed E-state index contributed by atoms with van der Waals surface area (Å²) in [4.78, 5) is 14.6. The number of halogens is 2. The van der Waals surface area contributed by atoms with Gasteiger partial charge in [-0.25, -0.2) is 4.39 Å². The lowest BCUT2D eigenvalue weighted by molar-refractivity contribution is -0.118. The SMILES string of the molecule is COc1cc2c(CCNC(C)=O)c(-c3cccc(F)c3)[nH]c2cc1Br. The molecule has 0 aliphatic carbocycles. The molecule has 4 nitrogen and oxygen atoms in total. The highest BCUT2D eigenvalue weighted by Gasteiger charge is 2.16. The van der Waals surface area contributed by atoms with Crippen LogP contribution >= 0.6 is 15.9 Å². The molecule has 25 heavy (non-hydrogen) atoms. The number of amides is 1.